The van der Waals surface area contributed by atoms with Crippen molar-refractivity contribution < 1.29 is 19.4 Å². The number of halogens is 2. The second-order valence-electron chi connectivity index (χ2n) is 5.26. The molecule has 0 fully saturated rings. The van der Waals surface area contributed by atoms with Crippen LogP contribution in [0.25, 0.3) is 0 Å². The van der Waals surface area contributed by atoms with Crippen molar-refractivity contribution in [3.63, 3.8) is 0 Å². The van der Waals surface area contributed by atoms with Gasteiger partial charge in [-0.25, -0.2) is 0 Å². The number of aliphatic hydroxyl groups is 1. The quantitative estimate of drug-likeness (QED) is 0.659. The lowest BCUT2D eigenvalue weighted by Crippen LogP contribution is -2.42. The van der Waals surface area contributed by atoms with Crippen molar-refractivity contribution in [2.45, 2.75) is 25.9 Å². The number of carbonyl (C=O) groups excluding carboxylic acids is 1. The van der Waals surface area contributed by atoms with Crippen molar-refractivity contribution >= 4 is 29.9 Å². The van der Waals surface area contributed by atoms with E-state index in [1.54, 1.807) is 12.1 Å². The Morgan fingerprint density at radius 1 is 1.45 bits per heavy atom. The molecule has 0 aliphatic rings. The van der Waals surface area contributed by atoms with Crippen LogP contribution in [-0.4, -0.2) is 36.9 Å². The summed E-state index contributed by atoms with van der Waals surface area (Å²) in [6.45, 7) is 4.01. The second-order valence-corrected chi connectivity index (χ2v) is 5.67. The number of hydrogen-bond acceptors (Lipinski definition) is 5. The standard InChI is InChI=1S/C14H21ClN2O4.ClH/c1-14(2,8-18)17-6-9-4-10(15)13(11(5-9)20-3)21-7-12(16)19;/h4-5,17-18H,6-8H2,1-3H3,(H2,16,19);1H. The van der Waals surface area contributed by atoms with E-state index in [4.69, 9.17) is 26.8 Å². The minimum absolute atomic E-state index is 0. The van der Waals surface area contributed by atoms with Crippen LogP contribution in [0.5, 0.6) is 11.5 Å². The van der Waals surface area contributed by atoms with Crippen LogP contribution in [-0.2, 0) is 11.3 Å². The van der Waals surface area contributed by atoms with Gasteiger partial charge in [-0.05, 0) is 31.5 Å². The average Bonchev–Trinajstić information content (AvgIpc) is 2.43. The van der Waals surface area contributed by atoms with Crippen LogP contribution in [0.2, 0.25) is 5.02 Å². The molecule has 0 aliphatic carbocycles. The molecule has 1 amide bonds. The first-order chi connectivity index (χ1) is 9.79. The molecule has 0 heterocycles. The van der Waals surface area contributed by atoms with Crippen LogP contribution < -0.4 is 20.5 Å². The highest BCUT2D eigenvalue weighted by atomic mass is 35.5. The predicted octanol–water partition coefficient (Wildman–Crippen LogP) is 1.49. The van der Waals surface area contributed by atoms with Gasteiger partial charge in [0.15, 0.2) is 18.1 Å². The molecule has 1 aromatic carbocycles. The smallest absolute Gasteiger partial charge is 0.255 e. The van der Waals surface area contributed by atoms with Crippen molar-refractivity contribution in [2.24, 2.45) is 5.73 Å². The second kappa shape index (κ2) is 9.05. The highest BCUT2D eigenvalue weighted by molar-refractivity contribution is 6.32. The fourth-order valence-electron chi connectivity index (χ4n) is 1.56. The average molecular weight is 353 g/mol. The molecular formula is C14H22Cl2N2O4. The maximum absolute atomic E-state index is 10.8. The van der Waals surface area contributed by atoms with Gasteiger partial charge in [0.25, 0.3) is 5.91 Å². The molecule has 0 unspecified atom stereocenters. The summed E-state index contributed by atoms with van der Waals surface area (Å²) in [6.07, 6.45) is 0. The Balaban J connectivity index is 0.00000441. The maximum atomic E-state index is 10.8. The maximum Gasteiger partial charge on any atom is 0.255 e. The zero-order valence-electron chi connectivity index (χ0n) is 12.8. The number of aliphatic hydroxyl groups excluding tert-OH is 1. The molecule has 0 atom stereocenters. The Morgan fingerprint density at radius 2 is 2.09 bits per heavy atom. The van der Waals surface area contributed by atoms with Gasteiger partial charge >= 0.3 is 0 Å². The fraction of sp³-hybridized carbons (Fsp3) is 0.500. The first-order valence-corrected chi connectivity index (χ1v) is 6.80. The van der Waals surface area contributed by atoms with Gasteiger partial charge < -0.3 is 25.6 Å². The number of nitrogens with one attached hydrogen (secondary N) is 1. The number of primary amides is 1. The minimum Gasteiger partial charge on any atom is -0.493 e. The Hall–Kier alpha value is -1.21. The van der Waals surface area contributed by atoms with Crippen LogP contribution in [0.1, 0.15) is 19.4 Å². The molecule has 0 aliphatic heterocycles. The zero-order valence-corrected chi connectivity index (χ0v) is 14.4. The van der Waals surface area contributed by atoms with E-state index in [0.29, 0.717) is 17.3 Å². The summed E-state index contributed by atoms with van der Waals surface area (Å²) in [6, 6.07) is 3.46. The number of benzene rings is 1. The molecular weight excluding hydrogens is 331 g/mol. The third-order valence-corrected chi connectivity index (χ3v) is 3.10. The SMILES string of the molecule is COc1cc(CNC(C)(C)CO)cc(Cl)c1OCC(N)=O.Cl. The van der Waals surface area contributed by atoms with Gasteiger partial charge in [-0.15, -0.1) is 12.4 Å². The largest absolute Gasteiger partial charge is 0.493 e. The number of carbonyl (C=O) groups is 1. The van der Waals surface area contributed by atoms with Crippen LogP contribution in [0.15, 0.2) is 12.1 Å². The van der Waals surface area contributed by atoms with Crippen molar-refractivity contribution in [1.82, 2.24) is 5.32 Å². The van der Waals surface area contributed by atoms with E-state index in [-0.39, 0.29) is 31.4 Å². The number of nitrogens with two attached hydrogens (primary N) is 1. The molecule has 8 heteroatoms. The van der Waals surface area contributed by atoms with Crippen LogP contribution >= 0.6 is 24.0 Å². The monoisotopic (exact) mass is 352 g/mol. The van der Waals surface area contributed by atoms with Gasteiger partial charge in [-0.1, -0.05) is 11.6 Å². The van der Waals surface area contributed by atoms with Crippen molar-refractivity contribution in [1.29, 1.82) is 0 Å². The molecule has 126 valence electrons. The summed E-state index contributed by atoms with van der Waals surface area (Å²) < 4.78 is 10.5. The van der Waals surface area contributed by atoms with Gasteiger partial charge in [-0.3, -0.25) is 4.79 Å². The highest BCUT2D eigenvalue weighted by Gasteiger charge is 2.17. The number of ether oxygens (including phenoxy) is 2. The first kappa shape index (κ1) is 20.8. The van der Waals surface area contributed by atoms with Gasteiger partial charge in [0.2, 0.25) is 0 Å². The topological polar surface area (TPSA) is 93.8 Å². The molecule has 0 aromatic heterocycles. The third kappa shape index (κ3) is 6.27. The Kier molecular flexibility index (Phi) is 8.55. The van der Waals surface area contributed by atoms with E-state index in [1.807, 2.05) is 13.8 Å². The molecule has 0 bridgehead atoms. The summed E-state index contributed by atoms with van der Waals surface area (Å²) in [5.74, 6) is 0.106. The van der Waals surface area contributed by atoms with Crippen molar-refractivity contribution in [3.05, 3.63) is 22.7 Å². The third-order valence-electron chi connectivity index (χ3n) is 2.81. The van der Waals surface area contributed by atoms with Gasteiger partial charge in [0.1, 0.15) is 0 Å². The first-order valence-electron chi connectivity index (χ1n) is 6.42. The summed E-state index contributed by atoms with van der Waals surface area (Å²) >= 11 is 6.15. The Bertz CT molecular complexity index is 510. The molecule has 22 heavy (non-hydrogen) atoms. The fourth-order valence-corrected chi connectivity index (χ4v) is 1.84. The summed E-state index contributed by atoms with van der Waals surface area (Å²) in [4.78, 5) is 10.8. The number of methoxy groups -OCH3 is 1. The Morgan fingerprint density at radius 3 is 2.59 bits per heavy atom. The van der Waals surface area contributed by atoms with E-state index in [9.17, 15) is 9.90 Å². The van der Waals surface area contributed by atoms with Crippen LogP contribution in [0.4, 0.5) is 0 Å². The molecule has 0 spiro atoms. The van der Waals surface area contributed by atoms with Crippen LogP contribution in [0, 0.1) is 0 Å². The van der Waals surface area contributed by atoms with E-state index in [2.05, 4.69) is 5.32 Å². The van der Waals surface area contributed by atoms with Crippen molar-refractivity contribution in [3.8, 4) is 11.5 Å². The molecule has 4 N–H and O–H groups in total. The lowest BCUT2D eigenvalue weighted by atomic mass is 10.1. The Labute approximate surface area is 141 Å². The molecule has 6 nitrogen and oxygen atoms in total. The predicted molar refractivity (Wildman–Crippen MR) is 87.9 cm³/mol. The van der Waals surface area contributed by atoms with Crippen LogP contribution in [0.3, 0.4) is 0 Å². The molecule has 0 saturated carbocycles. The lowest BCUT2D eigenvalue weighted by molar-refractivity contribution is -0.119. The molecule has 0 saturated heterocycles. The van der Waals surface area contributed by atoms with Gasteiger partial charge in [0.05, 0.1) is 18.7 Å². The number of amides is 1. The molecule has 1 aromatic rings. The normalized spacial score (nSPS) is 10.8. The van der Waals surface area contributed by atoms with Gasteiger partial charge in [-0.2, -0.15) is 0 Å². The van der Waals surface area contributed by atoms with E-state index < -0.39 is 11.4 Å². The molecule has 1 rings (SSSR count). The number of hydrogen-bond donors (Lipinski definition) is 3. The van der Waals surface area contributed by atoms with E-state index >= 15 is 0 Å². The highest BCUT2D eigenvalue weighted by Crippen LogP contribution is 2.36. The van der Waals surface area contributed by atoms with Crippen molar-refractivity contribution in [2.75, 3.05) is 20.3 Å². The lowest BCUT2D eigenvalue weighted by Gasteiger charge is -2.24. The summed E-state index contributed by atoms with van der Waals surface area (Å²) in [5, 5.41) is 12.7. The summed E-state index contributed by atoms with van der Waals surface area (Å²) in [5.41, 5.74) is 5.50. The van der Waals surface area contributed by atoms with E-state index in [1.165, 1.54) is 7.11 Å². The summed E-state index contributed by atoms with van der Waals surface area (Å²) in [7, 11) is 1.48. The number of rotatable bonds is 8. The zero-order chi connectivity index (χ0) is 16.0. The van der Waals surface area contributed by atoms with E-state index in [0.717, 1.165) is 5.56 Å². The minimum atomic E-state index is -0.594. The van der Waals surface area contributed by atoms with Gasteiger partial charge in [0, 0.05) is 12.1 Å². The molecule has 0 radical (unpaired) electrons.